The summed E-state index contributed by atoms with van der Waals surface area (Å²) >= 11 is 6.05. The van der Waals surface area contributed by atoms with Crippen LogP contribution in [0.1, 0.15) is 24.8 Å². The quantitative estimate of drug-likeness (QED) is 0.615. The van der Waals surface area contributed by atoms with Crippen LogP contribution in [0.3, 0.4) is 0 Å². The van der Waals surface area contributed by atoms with Gasteiger partial charge in [0.2, 0.25) is 0 Å². The van der Waals surface area contributed by atoms with Crippen LogP contribution in [0.2, 0.25) is 5.02 Å². The zero-order valence-electron chi connectivity index (χ0n) is 13.5. The fourth-order valence-electron chi connectivity index (χ4n) is 2.45. The molecule has 1 heterocycles. The third-order valence-electron chi connectivity index (χ3n) is 3.70. The van der Waals surface area contributed by atoms with E-state index in [2.05, 4.69) is 10.1 Å². The number of alkyl halides is 3. The maximum Gasteiger partial charge on any atom is 0.392 e. The van der Waals surface area contributed by atoms with Gasteiger partial charge in [-0.2, -0.15) is 18.4 Å². The molecule has 4 nitrogen and oxygen atoms in total. The van der Waals surface area contributed by atoms with E-state index in [1.54, 1.807) is 6.92 Å². The molecule has 0 fully saturated rings. The topological polar surface area (TPSA) is 62.1 Å². The van der Waals surface area contributed by atoms with Gasteiger partial charge in [-0.25, -0.2) is 9.18 Å². The minimum absolute atomic E-state index is 0.0218. The highest BCUT2D eigenvalue weighted by Crippen LogP contribution is 2.39. The Bertz CT molecular complexity index is 825. The molecular weight excluding hydrogens is 376 g/mol. The molecule has 0 spiro atoms. The molecule has 9 heteroatoms. The highest BCUT2D eigenvalue weighted by Gasteiger charge is 2.34. The Balaban J connectivity index is 2.35. The van der Waals surface area contributed by atoms with Crippen molar-refractivity contribution in [3.63, 3.8) is 0 Å². The number of benzene rings is 1. The molecular formula is C17H13ClF4N2O2. The smallest absolute Gasteiger partial charge is 0.392 e. The van der Waals surface area contributed by atoms with Gasteiger partial charge in [-0.3, -0.25) is 0 Å². The summed E-state index contributed by atoms with van der Waals surface area (Å²) in [6.07, 6.45) is -4.51. The van der Waals surface area contributed by atoms with Crippen molar-refractivity contribution in [2.75, 3.05) is 6.61 Å². The van der Waals surface area contributed by atoms with Gasteiger partial charge in [-0.15, -0.1) is 0 Å². The van der Waals surface area contributed by atoms with E-state index >= 15 is 0 Å². The molecule has 0 aliphatic carbocycles. The number of dihydropyridines is 1. The molecule has 138 valence electrons. The van der Waals surface area contributed by atoms with Crippen molar-refractivity contribution in [2.45, 2.75) is 25.4 Å². The third kappa shape index (κ3) is 4.55. The summed E-state index contributed by atoms with van der Waals surface area (Å²) in [6, 6.07) is 5.39. The van der Waals surface area contributed by atoms with E-state index in [1.165, 1.54) is 12.3 Å². The average molecular weight is 389 g/mol. The zero-order chi connectivity index (χ0) is 19.5. The number of esters is 1. The van der Waals surface area contributed by atoms with Gasteiger partial charge >= 0.3 is 12.1 Å². The molecule has 2 rings (SSSR count). The molecule has 1 aliphatic rings. The van der Waals surface area contributed by atoms with Gasteiger partial charge in [0.15, 0.2) is 0 Å². The number of allylic oxidation sites excluding steroid dienone is 2. The number of carbonyl (C=O) groups is 1. The van der Waals surface area contributed by atoms with Gasteiger partial charge < -0.3 is 10.1 Å². The number of hydrogen-bond donors (Lipinski definition) is 1. The molecule has 1 aromatic rings. The molecule has 0 saturated carbocycles. The summed E-state index contributed by atoms with van der Waals surface area (Å²) in [7, 11) is 0. The summed E-state index contributed by atoms with van der Waals surface area (Å²) in [5.74, 6) is -2.61. The Morgan fingerprint density at radius 3 is 2.69 bits per heavy atom. The molecule has 1 unspecified atom stereocenters. The largest absolute Gasteiger partial charge is 0.462 e. The second kappa shape index (κ2) is 7.79. The minimum atomic E-state index is -4.46. The Labute approximate surface area is 151 Å². The Hall–Kier alpha value is -2.53. The Morgan fingerprint density at radius 1 is 1.42 bits per heavy atom. The lowest BCUT2D eigenvalue weighted by atomic mass is 9.82. The van der Waals surface area contributed by atoms with Crippen molar-refractivity contribution in [1.29, 1.82) is 5.26 Å². The van der Waals surface area contributed by atoms with Gasteiger partial charge in [-0.05, 0) is 24.6 Å². The number of carbonyl (C=O) groups excluding carboxylic acids is 1. The Morgan fingerprint density at radius 2 is 2.12 bits per heavy atom. The summed E-state index contributed by atoms with van der Waals surface area (Å²) in [6.45, 7) is 0.735. The summed E-state index contributed by atoms with van der Waals surface area (Å²) < 4.78 is 54.7. The molecule has 0 amide bonds. The van der Waals surface area contributed by atoms with E-state index in [0.29, 0.717) is 5.70 Å². The fourth-order valence-corrected chi connectivity index (χ4v) is 2.72. The van der Waals surface area contributed by atoms with Crippen LogP contribution in [0.15, 0.2) is 41.2 Å². The van der Waals surface area contributed by atoms with Gasteiger partial charge in [0.25, 0.3) is 0 Å². The lowest BCUT2D eigenvalue weighted by Gasteiger charge is -2.26. The van der Waals surface area contributed by atoms with Gasteiger partial charge in [0.05, 0.1) is 29.6 Å². The SMILES string of the molecule is CC1=C(C#N)C(c2ccc(F)cc2Cl)C(C(=O)OCCC(F)(F)F)=CN1. The van der Waals surface area contributed by atoms with Crippen LogP contribution in [0.5, 0.6) is 0 Å². The maximum atomic E-state index is 13.3. The highest BCUT2D eigenvalue weighted by molar-refractivity contribution is 6.31. The van der Waals surface area contributed by atoms with Crippen LogP contribution in [-0.4, -0.2) is 18.8 Å². The number of nitriles is 1. The molecule has 0 bridgehead atoms. The zero-order valence-corrected chi connectivity index (χ0v) is 14.2. The van der Waals surface area contributed by atoms with Crippen LogP contribution in [0.4, 0.5) is 17.6 Å². The number of rotatable bonds is 4. The number of hydrogen-bond acceptors (Lipinski definition) is 4. The number of nitrogens with zero attached hydrogens (tertiary/aromatic N) is 1. The lowest BCUT2D eigenvalue weighted by Crippen LogP contribution is -2.26. The predicted molar refractivity (Wildman–Crippen MR) is 85.3 cm³/mol. The van der Waals surface area contributed by atoms with Crippen molar-refractivity contribution in [2.24, 2.45) is 0 Å². The summed E-state index contributed by atoms with van der Waals surface area (Å²) in [5.41, 5.74) is 0.737. The molecule has 1 aliphatic heterocycles. The van der Waals surface area contributed by atoms with E-state index < -0.39 is 36.9 Å². The molecule has 26 heavy (non-hydrogen) atoms. The standard InChI is InChI=1S/C17H13ClF4N2O2/c1-9-12(7-23)15(11-3-2-10(19)6-14(11)18)13(8-24-9)16(25)26-5-4-17(20,21)22/h2-3,6,8,15,24H,4-5H2,1H3. The van der Waals surface area contributed by atoms with Crippen LogP contribution >= 0.6 is 11.6 Å². The molecule has 0 saturated heterocycles. The summed E-state index contributed by atoms with van der Waals surface area (Å²) in [4.78, 5) is 12.3. The van der Waals surface area contributed by atoms with E-state index in [0.717, 1.165) is 12.1 Å². The van der Waals surface area contributed by atoms with Gasteiger partial charge in [-0.1, -0.05) is 17.7 Å². The fraction of sp³-hybridized carbons (Fsp3) is 0.294. The van der Waals surface area contributed by atoms with E-state index in [4.69, 9.17) is 11.6 Å². The number of halogens is 5. The van der Waals surface area contributed by atoms with Crippen molar-refractivity contribution in [1.82, 2.24) is 5.32 Å². The van der Waals surface area contributed by atoms with Crippen molar-refractivity contribution in [3.05, 3.63) is 57.6 Å². The van der Waals surface area contributed by atoms with E-state index in [-0.39, 0.29) is 21.7 Å². The van der Waals surface area contributed by atoms with Gasteiger partial charge in [0.1, 0.15) is 12.4 Å². The van der Waals surface area contributed by atoms with Crippen LogP contribution in [0.25, 0.3) is 0 Å². The summed E-state index contributed by atoms with van der Waals surface area (Å²) in [5, 5.41) is 12.1. The van der Waals surface area contributed by atoms with Crippen LogP contribution in [-0.2, 0) is 9.53 Å². The molecule has 1 N–H and O–H groups in total. The predicted octanol–water partition coefficient (Wildman–Crippen LogP) is 4.34. The highest BCUT2D eigenvalue weighted by atomic mass is 35.5. The first-order chi connectivity index (χ1) is 12.1. The first-order valence-electron chi connectivity index (χ1n) is 7.40. The minimum Gasteiger partial charge on any atom is -0.462 e. The van der Waals surface area contributed by atoms with Crippen LogP contribution < -0.4 is 5.32 Å². The molecule has 1 aromatic carbocycles. The Kier molecular flexibility index (Phi) is 5.93. The van der Waals surface area contributed by atoms with E-state index in [9.17, 15) is 27.6 Å². The molecule has 0 radical (unpaired) electrons. The number of nitrogens with one attached hydrogen (secondary N) is 1. The second-order valence-electron chi connectivity index (χ2n) is 5.49. The normalized spacial score (nSPS) is 17.3. The van der Waals surface area contributed by atoms with Crippen molar-refractivity contribution in [3.8, 4) is 6.07 Å². The second-order valence-corrected chi connectivity index (χ2v) is 5.90. The third-order valence-corrected chi connectivity index (χ3v) is 4.02. The van der Waals surface area contributed by atoms with Crippen molar-refractivity contribution < 1.29 is 27.1 Å². The first kappa shape index (κ1) is 19.8. The van der Waals surface area contributed by atoms with Gasteiger partial charge in [0, 0.05) is 16.9 Å². The number of ether oxygens (including phenoxy) is 1. The van der Waals surface area contributed by atoms with Crippen molar-refractivity contribution >= 4 is 17.6 Å². The monoisotopic (exact) mass is 388 g/mol. The van der Waals surface area contributed by atoms with E-state index in [1.807, 2.05) is 6.07 Å². The lowest BCUT2D eigenvalue weighted by molar-refractivity contribution is -0.156. The molecule has 0 aromatic heterocycles. The first-order valence-corrected chi connectivity index (χ1v) is 7.78. The average Bonchev–Trinajstić information content (AvgIpc) is 2.53. The van der Waals surface area contributed by atoms with Crippen LogP contribution in [0, 0.1) is 17.1 Å². The maximum absolute atomic E-state index is 13.3. The molecule has 1 atom stereocenters.